The second-order valence-corrected chi connectivity index (χ2v) is 7.18. The third-order valence-electron chi connectivity index (χ3n) is 5.07. The molecule has 168 valence electrons. The molecule has 0 radical (unpaired) electrons. The average molecular weight is 444 g/mol. The van der Waals surface area contributed by atoms with Gasteiger partial charge in [0.15, 0.2) is 0 Å². The van der Waals surface area contributed by atoms with Crippen molar-refractivity contribution in [1.29, 1.82) is 10.7 Å². The Morgan fingerprint density at radius 1 is 1.34 bits per heavy atom. The highest BCUT2D eigenvalue weighted by Crippen LogP contribution is 2.36. The quantitative estimate of drug-likeness (QED) is 0.378. The molecule has 2 heterocycles. The first-order chi connectivity index (χ1) is 15.3. The van der Waals surface area contributed by atoms with Crippen LogP contribution in [0.25, 0.3) is 5.57 Å². The Morgan fingerprint density at radius 3 is 2.72 bits per heavy atom. The first-order valence-corrected chi connectivity index (χ1v) is 9.83. The third-order valence-corrected chi connectivity index (χ3v) is 5.07. The summed E-state index contributed by atoms with van der Waals surface area (Å²) >= 11 is 0. The largest absolute Gasteiger partial charge is 0.421 e. The zero-order valence-corrected chi connectivity index (χ0v) is 17.6. The summed E-state index contributed by atoms with van der Waals surface area (Å²) in [6.07, 6.45) is 0.168. The number of anilines is 4. The minimum atomic E-state index is -4.59. The number of hydrogen-bond donors (Lipinski definition) is 4. The van der Waals surface area contributed by atoms with Gasteiger partial charge in [-0.15, -0.1) is 0 Å². The molecule has 0 amide bonds. The molecule has 1 aromatic heterocycles. The normalized spacial score (nSPS) is 14.3. The van der Waals surface area contributed by atoms with Gasteiger partial charge in [-0.2, -0.15) is 23.4 Å². The molecule has 32 heavy (non-hydrogen) atoms. The molecule has 4 N–H and O–H groups in total. The van der Waals surface area contributed by atoms with Gasteiger partial charge in [-0.25, -0.2) is 4.98 Å². The fourth-order valence-corrected chi connectivity index (χ4v) is 3.44. The lowest BCUT2D eigenvalue weighted by Gasteiger charge is -2.25. The summed E-state index contributed by atoms with van der Waals surface area (Å²) in [5, 5.41) is 25.4. The Morgan fingerprint density at radius 2 is 2.12 bits per heavy atom. The fraction of sp³-hybridized carbons (Fsp3) is 0.333. The first-order valence-electron chi connectivity index (χ1n) is 9.83. The highest BCUT2D eigenvalue weighted by atomic mass is 19.4. The monoisotopic (exact) mass is 444 g/mol. The number of hydrogen-bond acceptors (Lipinski definition) is 8. The topological polar surface area (TPSA) is 113 Å². The summed E-state index contributed by atoms with van der Waals surface area (Å²) in [6.45, 7) is 1.71. The number of halogens is 3. The Kier molecular flexibility index (Phi) is 6.95. The number of nitriles is 1. The van der Waals surface area contributed by atoms with Gasteiger partial charge in [-0.1, -0.05) is 12.1 Å². The zero-order chi connectivity index (χ0) is 23.3. The van der Waals surface area contributed by atoms with Crippen LogP contribution in [0, 0.1) is 16.7 Å². The van der Waals surface area contributed by atoms with E-state index in [4.69, 9.17) is 10.7 Å². The van der Waals surface area contributed by atoms with Crippen LogP contribution in [0.2, 0.25) is 0 Å². The van der Waals surface area contributed by atoms with Crippen molar-refractivity contribution in [1.82, 2.24) is 14.9 Å². The van der Waals surface area contributed by atoms with Crippen molar-refractivity contribution in [3.8, 4) is 6.07 Å². The van der Waals surface area contributed by atoms with Crippen molar-refractivity contribution in [2.45, 2.75) is 12.6 Å². The van der Waals surface area contributed by atoms with Crippen molar-refractivity contribution in [3.05, 3.63) is 41.1 Å². The highest BCUT2D eigenvalue weighted by Gasteiger charge is 2.35. The van der Waals surface area contributed by atoms with Gasteiger partial charge in [0.2, 0.25) is 5.95 Å². The maximum absolute atomic E-state index is 13.1. The summed E-state index contributed by atoms with van der Waals surface area (Å²) in [5.41, 5.74) is 2.48. The predicted octanol–water partition coefficient (Wildman–Crippen LogP) is 3.93. The van der Waals surface area contributed by atoms with E-state index in [1.807, 2.05) is 19.2 Å². The molecule has 0 saturated carbocycles. The predicted molar refractivity (Wildman–Crippen MR) is 118 cm³/mol. The lowest BCUT2D eigenvalue weighted by Crippen LogP contribution is -2.24. The standard InChI is InChI=1S/C21H23F3N8/c1-27-19-16(21(22,23)24)12-29-20(31-19)30-17-4-3-14(13-5-9-32(2)10-6-13)18(15(17)11-26)28-8-7-25/h3-5,11-12,26,28H,6,8-10H2,1-2H3,(H2,27,29,30,31). The number of aromatic nitrogens is 2. The van der Waals surface area contributed by atoms with E-state index in [0.717, 1.165) is 36.9 Å². The SMILES string of the molecule is CNc1nc(Nc2ccc(C3=CCN(C)CC3)c(NCC#N)c2C=N)ncc1C(F)(F)F. The number of likely N-dealkylation sites (N-methyl/N-ethyl adjacent to an activating group) is 1. The van der Waals surface area contributed by atoms with E-state index < -0.39 is 11.7 Å². The van der Waals surface area contributed by atoms with Crippen LogP contribution in [-0.4, -0.2) is 54.8 Å². The maximum atomic E-state index is 13.1. The molecule has 3 rings (SSSR count). The van der Waals surface area contributed by atoms with E-state index in [9.17, 15) is 13.2 Å². The zero-order valence-electron chi connectivity index (χ0n) is 17.6. The van der Waals surface area contributed by atoms with Gasteiger partial charge in [-0.05, 0) is 25.1 Å². The number of nitrogens with one attached hydrogen (secondary N) is 4. The minimum absolute atomic E-state index is 0.0329. The first kappa shape index (κ1) is 23.0. The van der Waals surface area contributed by atoms with Crippen molar-refractivity contribution < 1.29 is 13.2 Å². The van der Waals surface area contributed by atoms with E-state index in [0.29, 0.717) is 23.1 Å². The molecule has 0 aliphatic carbocycles. The van der Waals surface area contributed by atoms with E-state index in [-0.39, 0.29) is 18.3 Å². The molecule has 0 saturated heterocycles. The van der Waals surface area contributed by atoms with Gasteiger partial charge in [-0.3, -0.25) is 0 Å². The molecule has 2 aromatic rings. The maximum Gasteiger partial charge on any atom is 0.421 e. The molecule has 1 aliphatic heterocycles. The van der Waals surface area contributed by atoms with E-state index in [2.05, 4.69) is 36.9 Å². The summed E-state index contributed by atoms with van der Waals surface area (Å²) in [4.78, 5) is 9.89. The third kappa shape index (κ3) is 4.97. The number of benzene rings is 1. The lowest BCUT2D eigenvalue weighted by molar-refractivity contribution is -0.137. The van der Waals surface area contributed by atoms with Gasteiger partial charge < -0.3 is 26.3 Å². The van der Waals surface area contributed by atoms with Crippen LogP contribution < -0.4 is 16.0 Å². The van der Waals surface area contributed by atoms with Crippen molar-refractivity contribution in [3.63, 3.8) is 0 Å². The van der Waals surface area contributed by atoms with Gasteiger partial charge in [0.05, 0.1) is 17.4 Å². The molecule has 0 unspecified atom stereocenters. The molecule has 1 aromatic carbocycles. The van der Waals surface area contributed by atoms with Crippen LogP contribution in [0.5, 0.6) is 0 Å². The Bertz CT molecular complexity index is 1070. The molecule has 11 heteroatoms. The molecular formula is C21H23F3N8. The van der Waals surface area contributed by atoms with E-state index in [1.54, 1.807) is 6.07 Å². The lowest BCUT2D eigenvalue weighted by atomic mass is 9.94. The fourth-order valence-electron chi connectivity index (χ4n) is 3.44. The number of rotatable bonds is 7. The summed E-state index contributed by atoms with van der Waals surface area (Å²) < 4.78 is 39.3. The molecule has 1 aliphatic rings. The second-order valence-electron chi connectivity index (χ2n) is 7.18. The second kappa shape index (κ2) is 9.65. The molecule has 0 fully saturated rings. The molecule has 8 nitrogen and oxygen atoms in total. The molecule has 0 spiro atoms. The van der Waals surface area contributed by atoms with Crippen LogP contribution >= 0.6 is 0 Å². The van der Waals surface area contributed by atoms with Crippen molar-refractivity contribution >= 4 is 34.9 Å². The van der Waals surface area contributed by atoms with Crippen LogP contribution in [0.4, 0.5) is 36.3 Å². The summed E-state index contributed by atoms with van der Waals surface area (Å²) in [7, 11) is 3.38. The van der Waals surface area contributed by atoms with Crippen LogP contribution in [-0.2, 0) is 6.18 Å². The summed E-state index contributed by atoms with van der Waals surface area (Å²) in [5.74, 6) is -0.412. The summed E-state index contributed by atoms with van der Waals surface area (Å²) in [6, 6.07) is 5.62. The van der Waals surface area contributed by atoms with Crippen LogP contribution in [0.1, 0.15) is 23.1 Å². The Balaban J connectivity index is 2.02. The number of nitrogens with zero attached hydrogens (tertiary/aromatic N) is 4. The average Bonchev–Trinajstić information content (AvgIpc) is 2.77. The number of alkyl halides is 3. The van der Waals surface area contributed by atoms with Gasteiger partial charge >= 0.3 is 6.18 Å². The van der Waals surface area contributed by atoms with E-state index in [1.165, 1.54) is 7.05 Å². The van der Waals surface area contributed by atoms with Crippen LogP contribution in [0.15, 0.2) is 24.4 Å². The van der Waals surface area contributed by atoms with Crippen LogP contribution in [0.3, 0.4) is 0 Å². The van der Waals surface area contributed by atoms with Gasteiger partial charge in [0.1, 0.15) is 17.9 Å². The molecule has 0 atom stereocenters. The van der Waals surface area contributed by atoms with Crippen molar-refractivity contribution in [2.75, 3.05) is 49.7 Å². The highest BCUT2D eigenvalue weighted by molar-refractivity contribution is 5.98. The molecule has 0 bridgehead atoms. The smallest absolute Gasteiger partial charge is 0.372 e. The van der Waals surface area contributed by atoms with Gasteiger partial charge in [0.25, 0.3) is 0 Å². The molecular weight excluding hydrogens is 421 g/mol. The van der Waals surface area contributed by atoms with Crippen molar-refractivity contribution in [2.24, 2.45) is 0 Å². The van der Waals surface area contributed by atoms with E-state index >= 15 is 0 Å². The van der Waals surface area contributed by atoms with Gasteiger partial charge in [0, 0.05) is 43.7 Å². The Labute approximate surface area is 183 Å². The minimum Gasteiger partial charge on any atom is -0.372 e. The Hall–Kier alpha value is -3.65.